The van der Waals surface area contributed by atoms with E-state index in [4.69, 9.17) is 39.2 Å². The van der Waals surface area contributed by atoms with Crippen LogP contribution in [0.1, 0.15) is 150 Å². The summed E-state index contributed by atoms with van der Waals surface area (Å²) in [6, 6.07) is 11.8. The number of ketones is 2. The average Bonchev–Trinajstić information content (AvgIpc) is 3.35. The zero-order chi connectivity index (χ0) is 64.4. The molecule has 4 unspecified atom stereocenters. The summed E-state index contributed by atoms with van der Waals surface area (Å²) in [7, 11) is 6.19. The quantitative estimate of drug-likeness (QED) is 0.0332. The lowest BCUT2D eigenvalue weighted by Gasteiger charge is -2.41. The summed E-state index contributed by atoms with van der Waals surface area (Å²) in [5.74, 6) is 1.35. The van der Waals surface area contributed by atoms with Crippen molar-refractivity contribution in [2.75, 3.05) is 53.4 Å². The molecule has 2 heterocycles. The Hall–Kier alpha value is -5.72. The van der Waals surface area contributed by atoms with E-state index in [-0.39, 0.29) is 103 Å². The van der Waals surface area contributed by atoms with E-state index in [9.17, 15) is 49.2 Å². The Bertz CT molecular complexity index is 2440. The van der Waals surface area contributed by atoms with Crippen molar-refractivity contribution in [1.29, 1.82) is 0 Å². The Morgan fingerprint density at radius 1 is 0.814 bits per heavy atom. The number of aliphatic hydroxyl groups is 4. The minimum atomic E-state index is -1.63. The van der Waals surface area contributed by atoms with Crippen molar-refractivity contribution in [1.82, 2.24) is 14.7 Å². The number of benzene rings is 2. The van der Waals surface area contributed by atoms with Crippen LogP contribution in [0.25, 0.3) is 0 Å². The number of likely N-dealkylation sites (tertiary alicyclic amines) is 1. The number of nitrogens with two attached hydrogens (primary N) is 1. The molecule has 23 heteroatoms. The summed E-state index contributed by atoms with van der Waals surface area (Å²) >= 11 is 0. The van der Waals surface area contributed by atoms with Crippen LogP contribution in [-0.2, 0) is 64.0 Å². The molecule has 0 spiro atoms. The molecule has 0 saturated carbocycles. The number of Topliss-reactive ketones (excluding diaryl/α,β-unsaturated/α-hetero) is 2. The molecule has 2 saturated heterocycles. The predicted molar refractivity (Wildman–Crippen MR) is 317 cm³/mol. The first-order chi connectivity index (χ1) is 40.8. The molecule has 0 aromatic heterocycles. The minimum absolute atomic E-state index is 0.0595. The normalized spacial score (nSPS) is 20.8. The Morgan fingerprint density at radius 2 is 1.47 bits per heavy atom. The second-order valence-corrected chi connectivity index (χ2v) is 23.7. The van der Waals surface area contributed by atoms with Gasteiger partial charge in [0, 0.05) is 77.2 Å². The van der Waals surface area contributed by atoms with Crippen molar-refractivity contribution < 1.29 is 87.3 Å². The van der Waals surface area contributed by atoms with E-state index < -0.39 is 85.5 Å². The maximum absolute atomic E-state index is 14.9. The van der Waals surface area contributed by atoms with Gasteiger partial charge in [0.1, 0.15) is 36.5 Å². The molecule has 0 aliphatic carbocycles. The fourth-order valence-corrected chi connectivity index (χ4v) is 11.6. The Labute approximate surface area is 507 Å². The van der Waals surface area contributed by atoms with Gasteiger partial charge in [0.2, 0.25) is 24.0 Å². The summed E-state index contributed by atoms with van der Waals surface area (Å²) in [5, 5.41) is 44.9. The second kappa shape index (κ2) is 37.9. The number of hydrogen-bond donors (Lipinski definition) is 6. The number of nitrogens with one attached hydrogen (secondary N) is 1. The number of amides is 4. The molecule has 2 aliphatic rings. The van der Waals surface area contributed by atoms with Crippen LogP contribution in [0.5, 0.6) is 5.75 Å². The molecule has 23 nitrogen and oxygen atoms in total. The van der Waals surface area contributed by atoms with Gasteiger partial charge >= 0.3 is 12.2 Å². The molecule has 14 atom stereocenters. The highest BCUT2D eigenvalue weighted by Crippen LogP contribution is 2.34. The number of aliphatic hydroxyl groups excluding tert-OH is 4. The monoisotopic (exact) mass is 1210 g/mol. The van der Waals surface area contributed by atoms with Gasteiger partial charge < -0.3 is 69.0 Å². The third-order valence-corrected chi connectivity index (χ3v) is 16.8. The van der Waals surface area contributed by atoms with Gasteiger partial charge in [0.15, 0.2) is 5.78 Å². The third kappa shape index (κ3) is 21.8. The van der Waals surface area contributed by atoms with Crippen LogP contribution in [-0.4, -0.2) is 180 Å². The Balaban J connectivity index is 0.00000631. The maximum Gasteiger partial charge on any atom is 0.410 e. The number of anilines is 1. The molecule has 2 aliphatic heterocycles. The summed E-state index contributed by atoms with van der Waals surface area (Å²) in [6.07, 6.45) is -2.48. The predicted octanol–water partition coefficient (Wildman–Crippen LogP) is 6.16. The van der Waals surface area contributed by atoms with Gasteiger partial charge in [-0.25, -0.2) is 10.7 Å². The smallest absolute Gasteiger partial charge is 0.410 e. The molecule has 4 amide bonds. The number of hydrogen-bond acceptors (Lipinski definition) is 19. The van der Waals surface area contributed by atoms with E-state index in [0.29, 0.717) is 44.5 Å². The number of rotatable bonds is 35. The van der Waals surface area contributed by atoms with Gasteiger partial charge in [-0.2, -0.15) is 9.59 Å². The number of unbranched alkanes of at least 4 members (excludes halogenated alkanes) is 4. The molecule has 484 valence electrons. The largest absolute Gasteiger partial charge is 0.462 e. The topological polar surface area (TPSA) is 321 Å². The molecule has 7 N–H and O–H groups in total. The molecular weight excluding hydrogens is 1110 g/mol. The van der Waals surface area contributed by atoms with Crippen molar-refractivity contribution in [3.05, 3.63) is 59.7 Å². The van der Waals surface area contributed by atoms with Gasteiger partial charge in [-0.1, -0.05) is 111 Å². The summed E-state index contributed by atoms with van der Waals surface area (Å²) in [5.41, 5.74) is 1.35. The summed E-state index contributed by atoms with van der Waals surface area (Å²) in [4.78, 5) is 110. The molecule has 0 bridgehead atoms. The van der Waals surface area contributed by atoms with Crippen LogP contribution < -0.4 is 16.0 Å². The number of likely N-dealkylation sites (N-methyl/N-ethyl adjacent to an activating group) is 2. The fraction of sp³-hybridized carbons (Fsp3) is 0.698. The SMILES string of the molecule is CC[C@H](C)[C@@H]([C@@H](CC(=O)N1CCC[C@H]1[C@H](OC)[C@@H](C)C(=O)C[C@H](C)[C@@H](O)c1ccccc1)OC)N(C)C(=O)[C@@H](CC(=O)[C@H](C(C)C)N(C)C(=O)OCc1cc(NC(=O)CCCCCCCON)ccc1OC1OCC(O)C(O)C1O)C(C)C.O=C=O. The van der Waals surface area contributed by atoms with E-state index >= 15 is 0 Å². The number of carbonyl (C=O) groups is 6. The summed E-state index contributed by atoms with van der Waals surface area (Å²) in [6.45, 7) is 15.1. The van der Waals surface area contributed by atoms with Crippen molar-refractivity contribution in [2.24, 2.45) is 41.4 Å². The van der Waals surface area contributed by atoms with Crippen molar-refractivity contribution in [3.8, 4) is 5.75 Å². The molecule has 2 fully saturated rings. The molecular formula is C63H99N5O18. The molecule has 0 radical (unpaired) electrons. The number of carbonyl (C=O) groups excluding carboxylic acids is 8. The fourth-order valence-electron chi connectivity index (χ4n) is 11.6. The van der Waals surface area contributed by atoms with E-state index in [2.05, 4.69) is 10.2 Å². The van der Waals surface area contributed by atoms with Gasteiger partial charge in [0.25, 0.3) is 0 Å². The van der Waals surface area contributed by atoms with Crippen LogP contribution >= 0.6 is 0 Å². The third-order valence-electron chi connectivity index (χ3n) is 16.8. The lowest BCUT2D eigenvalue weighted by Crippen LogP contribution is -2.54. The van der Waals surface area contributed by atoms with E-state index in [1.54, 1.807) is 49.9 Å². The Morgan fingerprint density at radius 3 is 2.07 bits per heavy atom. The average molecular weight is 1210 g/mol. The van der Waals surface area contributed by atoms with Gasteiger partial charge in [-0.3, -0.25) is 24.0 Å². The van der Waals surface area contributed by atoms with Crippen LogP contribution in [0.15, 0.2) is 48.5 Å². The van der Waals surface area contributed by atoms with Crippen LogP contribution in [0.2, 0.25) is 0 Å². The Kier molecular flexibility index (Phi) is 32.8. The highest BCUT2D eigenvalue weighted by atomic mass is 16.7. The van der Waals surface area contributed by atoms with Crippen molar-refractivity contribution in [3.63, 3.8) is 0 Å². The number of ether oxygens (including phenoxy) is 5. The summed E-state index contributed by atoms with van der Waals surface area (Å²) < 4.78 is 29.4. The highest BCUT2D eigenvalue weighted by molar-refractivity contribution is 5.92. The number of nitrogens with zero attached hydrogens (tertiary/aromatic N) is 3. The first-order valence-corrected chi connectivity index (χ1v) is 30.2. The van der Waals surface area contributed by atoms with Gasteiger partial charge in [0.05, 0.1) is 56.1 Å². The number of methoxy groups -OCH3 is 2. The van der Waals surface area contributed by atoms with Crippen LogP contribution in [0.3, 0.4) is 0 Å². The van der Waals surface area contributed by atoms with Crippen molar-refractivity contribution in [2.45, 2.75) is 200 Å². The van der Waals surface area contributed by atoms with Crippen LogP contribution in [0.4, 0.5) is 10.5 Å². The van der Waals surface area contributed by atoms with E-state index in [0.717, 1.165) is 31.2 Å². The van der Waals surface area contributed by atoms with E-state index in [1.165, 1.54) is 25.1 Å². The zero-order valence-corrected chi connectivity index (χ0v) is 52.6. The van der Waals surface area contributed by atoms with Gasteiger partial charge in [-0.15, -0.1) is 0 Å². The first-order valence-electron chi connectivity index (χ1n) is 30.2. The second-order valence-electron chi connectivity index (χ2n) is 23.7. The van der Waals surface area contributed by atoms with Crippen molar-refractivity contribution >= 4 is 47.2 Å². The maximum atomic E-state index is 14.9. The lowest BCUT2D eigenvalue weighted by molar-refractivity contribution is -0.242. The minimum Gasteiger partial charge on any atom is -0.462 e. The molecule has 4 rings (SSSR count). The standard InChI is InChI=1S/C62H99N5O16.CO2/c1-13-39(6)55(51(78-11)34-53(72)67-29-22-25-46(67)59(79-12)41(8)47(68)31-40(7)56(73)42-23-18-17-19-24-42)65(9)60(76)45(37(2)3)33-48(69)54(38(4)5)66(10)62(77)81-35-43-32-44(64-52(71)26-20-15-14-16-21-30-82-63)27-28-50(43)83-61-58(75)57(74)49(70)36-80-61;2-1-3/h17-19,23-24,27-28,32,37-41,45-46,49,51,54-59,61,70,73-75H,13-16,20-22,25-26,29-31,33-36,63H2,1-12H3,(H,64,71);/t39-,40-,41-,45-,46-,49?,51+,54-,55-,56+,57?,58?,59+,61?;/m0./s1. The molecule has 2 aromatic rings. The van der Waals surface area contributed by atoms with E-state index in [1.807, 2.05) is 71.9 Å². The zero-order valence-electron chi connectivity index (χ0n) is 52.6. The lowest BCUT2D eigenvalue weighted by atomic mass is 9.83. The highest BCUT2D eigenvalue weighted by Gasteiger charge is 2.44. The molecule has 2 aromatic carbocycles. The van der Waals surface area contributed by atoms with Crippen LogP contribution in [0, 0.1) is 35.5 Å². The van der Waals surface area contributed by atoms with Gasteiger partial charge in [-0.05, 0) is 73.1 Å². The first kappa shape index (κ1) is 74.5. The molecule has 86 heavy (non-hydrogen) atoms.